The van der Waals surface area contributed by atoms with Crippen LogP contribution >= 0.6 is 11.6 Å². The van der Waals surface area contributed by atoms with E-state index in [1.165, 1.54) is 0 Å². The van der Waals surface area contributed by atoms with E-state index >= 15 is 0 Å². The zero-order valence-corrected chi connectivity index (χ0v) is 18.9. The second-order valence-electron chi connectivity index (χ2n) is 9.13. The summed E-state index contributed by atoms with van der Waals surface area (Å²) in [6, 6.07) is 5.42. The molecule has 0 amide bonds. The second kappa shape index (κ2) is 6.39. The monoisotopic (exact) mass is 468 g/mol. The maximum atomic E-state index is 13.3. The fourth-order valence-electron chi connectivity index (χ4n) is 5.06. The molecule has 1 spiro atoms. The highest BCUT2D eigenvalue weighted by Crippen LogP contribution is 2.51. The number of nitrogens with one attached hydrogen (secondary N) is 3. The molecule has 0 bridgehead atoms. The Balaban J connectivity index is 1.35. The maximum Gasteiger partial charge on any atom is 0.165 e. The van der Waals surface area contributed by atoms with E-state index in [2.05, 4.69) is 25.6 Å². The van der Waals surface area contributed by atoms with Gasteiger partial charge in [0.25, 0.3) is 0 Å². The van der Waals surface area contributed by atoms with Gasteiger partial charge in [-0.2, -0.15) is 0 Å². The van der Waals surface area contributed by atoms with Crippen molar-refractivity contribution in [3.8, 4) is 0 Å². The van der Waals surface area contributed by atoms with Gasteiger partial charge in [0.2, 0.25) is 0 Å². The van der Waals surface area contributed by atoms with Gasteiger partial charge >= 0.3 is 0 Å². The number of aromatic nitrogens is 3. The van der Waals surface area contributed by atoms with Crippen molar-refractivity contribution in [3.63, 3.8) is 0 Å². The standard InChI is InChI=1S/C22H21ClN6O2S/c1-21(13-2-3-13)20(24)29-22(11-32(21,30)31)8-12-9-26-18(7-15(12)22)28-16-4-5-25-17-6-14(23)10-27-19(16)17/h4-7,9-10,13H,2-3,8,11H2,1H3,(H2,24,29)(H,25,26,28)/t21-,22-/m0/s1. The van der Waals surface area contributed by atoms with Crippen LogP contribution in [-0.2, 0) is 21.8 Å². The summed E-state index contributed by atoms with van der Waals surface area (Å²) >= 11 is 6.03. The van der Waals surface area contributed by atoms with Gasteiger partial charge in [-0.15, -0.1) is 0 Å². The lowest BCUT2D eigenvalue weighted by atomic mass is 9.72. The van der Waals surface area contributed by atoms with Crippen LogP contribution in [0.15, 0.2) is 36.8 Å². The van der Waals surface area contributed by atoms with Crippen LogP contribution in [-0.4, -0.2) is 39.7 Å². The van der Waals surface area contributed by atoms with Gasteiger partial charge in [-0.05, 0) is 55.0 Å². The number of hydrogen-bond donors (Lipinski definition) is 3. The number of hydrogen-bond acceptors (Lipinski definition) is 7. The molecule has 164 valence electrons. The predicted molar refractivity (Wildman–Crippen MR) is 123 cm³/mol. The number of halogens is 1. The molecule has 3 aromatic heterocycles. The molecule has 2 atom stereocenters. The van der Waals surface area contributed by atoms with Crippen LogP contribution in [0.2, 0.25) is 5.02 Å². The van der Waals surface area contributed by atoms with Crippen LogP contribution in [0.5, 0.6) is 0 Å². The number of rotatable bonds is 3. The highest BCUT2D eigenvalue weighted by atomic mass is 35.5. The quantitative estimate of drug-likeness (QED) is 0.539. The zero-order valence-electron chi connectivity index (χ0n) is 17.3. The van der Waals surface area contributed by atoms with E-state index in [0.717, 1.165) is 29.7 Å². The molecule has 2 fully saturated rings. The van der Waals surface area contributed by atoms with Crippen molar-refractivity contribution in [2.75, 3.05) is 11.1 Å². The molecule has 0 unspecified atom stereocenters. The first kappa shape index (κ1) is 19.9. The van der Waals surface area contributed by atoms with Crippen molar-refractivity contribution in [1.82, 2.24) is 20.3 Å². The summed E-state index contributed by atoms with van der Waals surface area (Å²) in [4.78, 5) is 13.2. The molecule has 0 aromatic carbocycles. The molecule has 32 heavy (non-hydrogen) atoms. The second-order valence-corrected chi connectivity index (χ2v) is 11.9. The zero-order chi connectivity index (χ0) is 22.3. The van der Waals surface area contributed by atoms with E-state index in [1.807, 2.05) is 6.07 Å². The van der Waals surface area contributed by atoms with E-state index < -0.39 is 20.1 Å². The van der Waals surface area contributed by atoms with Gasteiger partial charge in [-0.1, -0.05) is 11.6 Å². The summed E-state index contributed by atoms with van der Waals surface area (Å²) in [5.41, 5.74) is 3.14. The van der Waals surface area contributed by atoms with Crippen molar-refractivity contribution in [3.05, 3.63) is 52.9 Å². The number of amidine groups is 1. The minimum Gasteiger partial charge on any atom is -0.362 e. The number of pyridine rings is 3. The number of sulfone groups is 1. The number of fused-ring (bicyclic) bond motifs is 3. The molecule has 3 N–H and O–H groups in total. The van der Waals surface area contributed by atoms with E-state index in [4.69, 9.17) is 17.0 Å². The van der Waals surface area contributed by atoms with Crippen molar-refractivity contribution in [2.45, 2.75) is 36.5 Å². The highest BCUT2D eigenvalue weighted by molar-refractivity contribution is 7.93. The summed E-state index contributed by atoms with van der Waals surface area (Å²) in [5.74, 6) is 0.724. The molecular formula is C22H21ClN6O2S. The first-order chi connectivity index (χ1) is 15.2. The lowest BCUT2D eigenvalue weighted by Gasteiger charge is -2.52. The van der Waals surface area contributed by atoms with Crippen LogP contribution in [0, 0.1) is 11.3 Å². The molecule has 10 heteroatoms. The van der Waals surface area contributed by atoms with Crippen LogP contribution < -0.4 is 10.6 Å². The number of anilines is 2. The van der Waals surface area contributed by atoms with Gasteiger partial charge in [-0.3, -0.25) is 15.4 Å². The van der Waals surface area contributed by atoms with Crippen LogP contribution in [0.25, 0.3) is 11.0 Å². The SMILES string of the molecule is C[C@]1(C2CC2)C(=N)N[C@@]2(Cc3cnc(Nc4ccnc5cc(Cl)cnc45)cc32)CS1(=O)=O. The van der Waals surface area contributed by atoms with Crippen LogP contribution in [0.4, 0.5) is 11.5 Å². The largest absolute Gasteiger partial charge is 0.362 e. The van der Waals surface area contributed by atoms with Crippen molar-refractivity contribution < 1.29 is 8.42 Å². The molecule has 1 saturated carbocycles. The Kier molecular flexibility index (Phi) is 3.97. The minimum atomic E-state index is -3.48. The molecule has 0 radical (unpaired) electrons. The van der Waals surface area contributed by atoms with Crippen LogP contribution in [0.3, 0.4) is 0 Å². The molecule has 8 nitrogen and oxygen atoms in total. The third-order valence-corrected chi connectivity index (χ3v) is 10.0. The molecule has 1 aliphatic heterocycles. The summed E-state index contributed by atoms with van der Waals surface area (Å²) in [6.07, 6.45) is 7.26. The molecule has 1 saturated heterocycles. The molecule has 6 rings (SSSR count). The van der Waals surface area contributed by atoms with Crippen LogP contribution in [0.1, 0.15) is 30.9 Å². The summed E-state index contributed by atoms with van der Waals surface area (Å²) in [7, 11) is -3.48. The lowest BCUT2D eigenvalue weighted by molar-refractivity contribution is 0.349. The first-order valence-corrected chi connectivity index (χ1v) is 12.5. The van der Waals surface area contributed by atoms with Gasteiger partial charge < -0.3 is 10.6 Å². The van der Waals surface area contributed by atoms with Crippen molar-refractivity contribution >= 4 is 49.8 Å². The Labute approximate surface area is 190 Å². The third-order valence-electron chi connectivity index (χ3n) is 7.10. The Morgan fingerprint density at radius 3 is 2.78 bits per heavy atom. The number of nitrogens with zero attached hydrogens (tertiary/aromatic N) is 3. The maximum absolute atomic E-state index is 13.3. The lowest BCUT2D eigenvalue weighted by Crippen LogP contribution is -2.70. The predicted octanol–water partition coefficient (Wildman–Crippen LogP) is 3.34. The Morgan fingerprint density at radius 1 is 1.22 bits per heavy atom. The Morgan fingerprint density at radius 2 is 2.03 bits per heavy atom. The normalized spacial score (nSPS) is 28.1. The molecule has 4 heterocycles. The van der Waals surface area contributed by atoms with Gasteiger partial charge in [0.1, 0.15) is 21.9 Å². The molecule has 2 aliphatic carbocycles. The van der Waals surface area contributed by atoms with Crippen molar-refractivity contribution in [2.24, 2.45) is 5.92 Å². The van der Waals surface area contributed by atoms with E-state index in [-0.39, 0.29) is 17.5 Å². The summed E-state index contributed by atoms with van der Waals surface area (Å²) in [5, 5.41) is 15.7. The Bertz CT molecular complexity index is 1420. The Hall–Kier alpha value is -2.78. The average Bonchev–Trinajstić information content (AvgIpc) is 3.58. The van der Waals surface area contributed by atoms with Gasteiger partial charge in [0.15, 0.2) is 9.84 Å². The first-order valence-electron chi connectivity index (χ1n) is 10.5. The average molecular weight is 469 g/mol. The summed E-state index contributed by atoms with van der Waals surface area (Å²) in [6.45, 7) is 1.70. The molecular weight excluding hydrogens is 448 g/mol. The van der Waals surface area contributed by atoms with Gasteiger partial charge in [-0.25, -0.2) is 13.4 Å². The van der Waals surface area contributed by atoms with E-state index in [0.29, 0.717) is 28.3 Å². The van der Waals surface area contributed by atoms with E-state index in [1.54, 1.807) is 37.6 Å². The van der Waals surface area contributed by atoms with E-state index in [9.17, 15) is 8.42 Å². The topological polar surface area (TPSA) is 121 Å². The van der Waals surface area contributed by atoms with Gasteiger partial charge in [0, 0.05) is 25.0 Å². The highest BCUT2D eigenvalue weighted by Gasteiger charge is 2.62. The fourth-order valence-corrected chi connectivity index (χ4v) is 7.59. The third kappa shape index (κ3) is 2.70. The molecule has 3 aliphatic rings. The van der Waals surface area contributed by atoms with Crippen molar-refractivity contribution in [1.29, 1.82) is 5.41 Å². The molecule has 3 aromatic rings. The van der Waals surface area contributed by atoms with Gasteiger partial charge in [0.05, 0.1) is 27.5 Å². The minimum absolute atomic E-state index is 0.00985. The fraction of sp³-hybridized carbons (Fsp3) is 0.364. The summed E-state index contributed by atoms with van der Waals surface area (Å²) < 4.78 is 25.5. The smallest absolute Gasteiger partial charge is 0.165 e.